The molecule has 0 radical (unpaired) electrons. The molecule has 4 rings (SSSR count). The zero-order valence-corrected chi connectivity index (χ0v) is 19.4. The minimum Gasteiger partial charge on any atom is -0.493 e. The molecule has 2 atom stereocenters. The number of ether oxygens (including phenoxy) is 3. The Hall–Kier alpha value is -3.41. The second-order valence-electron chi connectivity index (χ2n) is 7.56. The van der Waals surface area contributed by atoms with Crippen LogP contribution in [0, 0.1) is 0 Å². The number of anilines is 1. The molecule has 0 fully saturated rings. The lowest BCUT2D eigenvalue weighted by Crippen LogP contribution is -2.36. The van der Waals surface area contributed by atoms with Gasteiger partial charge in [0.05, 0.1) is 40.1 Å². The van der Waals surface area contributed by atoms with Crippen LogP contribution in [-0.2, 0) is 6.54 Å². The van der Waals surface area contributed by atoms with Gasteiger partial charge in [-0.25, -0.2) is 4.68 Å². The number of nitrogens with one attached hydrogen (secondary N) is 2. The Morgan fingerprint density at radius 3 is 2.50 bits per heavy atom. The summed E-state index contributed by atoms with van der Waals surface area (Å²) in [5.41, 5.74) is 0.518. The molecule has 0 saturated heterocycles. The van der Waals surface area contributed by atoms with Crippen LogP contribution in [0.25, 0.3) is 0 Å². The molecular formula is C22H23F3N4O4S. The van der Waals surface area contributed by atoms with Crippen LogP contribution in [0.1, 0.15) is 39.3 Å². The number of thiophene rings is 1. The van der Waals surface area contributed by atoms with Crippen molar-refractivity contribution >= 4 is 23.1 Å². The van der Waals surface area contributed by atoms with Crippen LogP contribution in [0.5, 0.6) is 17.2 Å². The maximum Gasteiger partial charge on any atom is 0.410 e. The van der Waals surface area contributed by atoms with Gasteiger partial charge in [0.25, 0.3) is 5.91 Å². The quantitative estimate of drug-likeness (QED) is 0.499. The van der Waals surface area contributed by atoms with Crippen molar-refractivity contribution in [3.63, 3.8) is 0 Å². The molecule has 1 aliphatic heterocycles. The third-order valence-electron chi connectivity index (χ3n) is 5.58. The SMILES string of the molecule is COc1cc([C@H]2C[C@@H](C(F)(F)F)n3ncc(C(=O)NCc4cccs4)c3N2)cc(OC)c1OC. The van der Waals surface area contributed by atoms with Gasteiger partial charge in [-0.05, 0) is 29.1 Å². The van der Waals surface area contributed by atoms with Crippen LogP contribution >= 0.6 is 11.3 Å². The van der Waals surface area contributed by atoms with Gasteiger partial charge in [0.2, 0.25) is 5.75 Å². The van der Waals surface area contributed by atoms with Gasteiger partial charge in [0, 0.05) is 11.3 Å². The van der Waals surface area contributed by atoms with E-state index in [1.807, 2.05) is 17.5 Å². The summed E-state index contributed by atoms with van der Waals surface area (Å²) in [6.45, 7) is 0.264. The number of hydrogen-bond acceptors (Lipinski definition) is 7. The molecule has 0 aliphatic carbocycles. The average Bonchev–Trinajstić information content (AvgIpc) is 3.50. The van der Waals surface area contributed by atoms with E-state index in [4.69, 9.17) is 14.2 Å². The Bertz CT molecular complexity index is 1140. The van der Waals surface area contributed by atoms with Crippen LogP contribution in [0.2, 0.25) is 0 Å². The van der Waals surface area contributed by atoms with E-state index in [1.165, 1.54) is 32.7 Å². The van der Waals surface area contributed by atoms with E-state index in [-0.39, 0.29) is 24.3 Å². The van der Waals surface area contributed by atoms with Crippen molar-refractivity contribution in [2.24, 2.45) is 0 Å². The lowest BCUT2D eigenvalue weighted by molar-refractivity contribution is -0.173. The first-order chi connectivity index (χ1) is 16.3. The average molecular weight is 497 g/mol. The summed E-state index contributed by atoms with van der Waals surface area (Å²) in [7, 11) is 4.30. The zero-order valence-electron chi connectivity index (χ0n) is 18.6. The molecule has 0 unspecified atom stereocenters. The third kappa shape index (κ3) is 4.49. The number of rotatable bonds is 7. The lowest BCUT2D eigenvalue weighted by Gasteiger charge is -2.34. The van der Waals surface area contributed by atoms with Crippen LogP contribution in [0.15, 0.2) is 35.8 Å². The standard InChI is InChI=1S/C22H23F3N4O4S/c1-31-16-7-12(8-17(32-2)19(16)33-3)15-9-18(22(23,24)25)29-20(28-15)14(11-27-29)21(30)26-10-13-5-4-6-34-13/h4-8,11,15,18,28H,9-10H2,1-3H3,(H,26,30)/t15-,18+/m1/s1. The first-order valence-corrected chi connectivity index (χ1v) is 11.2. The molecule has 3 aromatic rings. The summed E-state index contributed by atoms with van der Waals surface area (Å²) in [6, 6.07) is 4.17. The van der Waals surface area contributed by atoms with Gasteiger partial charge < -0.3 is 24.8 Å². The molecule has 1 aromatic carbocycles. The Balaban J connectivity index is 1.70. The molecule has 1 amide bonds. The number of nitrogens with zero attached hydrogens (tertiary/aromatic N) is 2. The van der Waals surface area contributed by atoms with E-state index in [0.717, 1.165) is 15.8 Å². The van der Waals surface area contributed by atoms with E-state index in [2.05, 4.69) is 15.7 Å². The fourth-order valence-corrected chi connectivity index (χ4v) is 4.57. The number of methoxy groups -OCH3 is 3. The van der Waals surface area contributed by atoms with Crippen LogP contribution < -0.4 is 24.8 Å². The monoisotopic (exact) mass is 496 g/mol. The normalized spacial score (nSPS) is 17.5. The molecule has 2 aromatic heterocycles. The number of benzene rings is 1. The topological polar surface area (TPSA) is 86.6 Å². The molecule has 12 heteroatoms. The van der Waals surface area contributed by atoms with Crippen molar-refractivity contribution < 1.29 is 32.2 Å². The first-order valence-electron chi connectivity index (χ1n) is 10.3. The van der Waals surface area contributed by atoms with Crippen molar-refractivity contribution in [1.29, 1.82) is 0 Å². The van der Waals surface area contributed by atoms with Gasteiger partial charge in [-0.15, -0.1) is 11.3 Å². The van der Waals surface area contributed by atoms with E-state index >= 15 is 0 Å². The molecule has 1 aliphatic rings. The highest BCUT2D eigenvalue weighted by atomic mass is 32.1. The summed E-state index contributed by atoms with van der Waals surface area (Å²) in [5.74, 6) is 0.436. The van der Waals surface area contributed by atoms with Gasteiger partial charge in [0.15, 0.2) is 17.5 Å². The smallest absolute Gasteiger partial charge is 0.410 e. The predicted molar refractivity (Wildman–Crippen MR) is 120 cm³/mol. The second-order valence-corrected chi connectivity index (χ2v) is 8.59. The third-order valence-corrected chi connectivity index (χ3v) is 6.45. The van der Waals surface area contributed by atoms with Crippen LogP contribution in [0.3, 0.4) is 0 Å². The molecule has 34 heavy (non-hydrogen) atoms. The Morgan fingerprint density at radius 1 is 1.24 bits per heavy atom. The van der Waals surface area contributed by atoms with Crippen molar-refractivity contribution in [3.05, 3.63) is 51.8 Å². The molecule has 0 spiro atoms. The highest BCUT2D eigenvalue weighted by molar-refractivity contribution is 7.09. The molecule has 0 bridgehead atoms. The van der Waals surface area contributed by atoms with Crippen molar-refractivity contribution in [2.45, 2.75) is 31.2 Å². The van der Waals surface area contributed by atoms with Crippen LogP contribution in [-0.4, -0.2) is 43.2 Å². The van der Waals surface area contributed by atoms with E-state index < -0.39 is 24.2 Å². The number of carbonyl (C=O) groups is 1. The summed E-state index contributed by atoms with van der Waals surface area (Å²) in [4.78, 5) is 13.7. The summed E-state index contributed by atoms with van der Waals surface area (Å²) in [5, 5.41) is 11.6. The fourth-order valence-electron chi connectivity index (χ4n) is 3.93. The number of fused-ring (bicyclic) bond motifs is 1. The van der Waals surface area contributed by atoms with Gasteiger partial charge in [-0.1, -0.05) is 6.07 Å². The summed E-state index contributed by atoms with van der Waals surface area (Å²) < 4.78 is 58.9. The second kappa shape index (κ2) is 9.45. The molecule has 2 N–H and O–H groups in total. The first kappa shape index (κ1) is 23.7. The Morgan fingerprint density at radius 2 is 1.94 bits per heavy atom. The molecule has 182 valence electrons. The van der Waals surface area contributed by atoms with Crippen molar-refractivity contribution in [1.82, 2.24) is 15.1 Å². The van der Waals surface area contributed by atoms with Gasteiger partial charge >= 0.3 is 6.18 Å². The molecular weight excluding hydrogens is 473 g/mol. The number of hydrogen-bond donors (Lipinski definition) is 2. The minimum atomic E-state index is -4.58. The maximum atomic E-state index is 14.0. The lowest BCUT2D eigenvalue weighted by atomic mass is 9.95. The summed E-state index contributed by atoms with van der Waals surface area (Å²) >= 11 is 1.47. The highest BCUT2D eigenvalue weighted by Gasteiger charge is 2.47. The molecule has 3 heterocycles. The highest BCUT2D eigenvalue weighted by Crippen LogP contribution is 2.47. The van der Waals surface area contributed by atoms with Gasteiger partial charge in [-0.3, -0.25) is 4.79 Å². The number of alkyl halides is 3. The zero-order chi connectivity index (χ0) is 24.5. The number of carbonyl (C=O) groups excluding carboxylic acids is 1. The van der Waals surface area contributed by atoms with Gasteiger partial charge in [-0.2, -0.15) is 18.3 Å². The number of aromatic nitrogens is 2. The van der Waals surface area contributed by atoms with Crippen molar-refractivity contribution in [3.8, 4) is 17.2 Å². The minimum absolute atomic E-state index is 0.00370. The molecule has 0 saturated carbocycles. The largest absolute Gasteiger partial charge is 0.493 e. The van der Waals surface area contributed by atoms with E-state index in [0.29, 0.717) is 22.8 Å². The predicted octanol–water partition coefficient (Wildman–Crippen LogP) is 4.56. The molecule has 8 nitrogen and oxygen atoms in total. The number of amides is 1. The van der Waals surface area contributed by atoms with Crippen LogP contribution in [0.4, 0.5) is 19.0 Å². The Kier molecular flexibility index (Phi) is 6.60. The maximum absolute atomic E-state index is 14.0. The van der Waals surface area contributed by atoms with Gasteiger partial charge in [0.1, 0.15) is 11.4 Å². The fraction of sp³-hybridized carbons (Fsp3) is 0.364. The number of halogens is 3. The van der Waals surface area contributed by atoms with E-state index in [1.54, 1.807) is 12.1 Å². The summed E-state index contributed by atoms with van der Waals surface area (Å²) in [6.07, 6.45) is -3.76. The van der Waals surface area contributed by atoms with Crippen molar-refractivity contribution in [2.75, 3.05) is 26.6 Å². The Labute approximate surface area is 197 Å². The van der Waals surface area contributed by atoms with E-state index in [9.17, 15) is 18.0 Å².